The minimum Gasteiger partial charge on any atom is -0.325 e. The Kier molecular flexibility index (Phi) is 2.35. The van der Waals surface area contributed by atoms with Gasteiger partial charge in [0.05, 0.1) is 0 Å². The van der Waals surface area contributed by atoms with Gasteiger partial charge in [-0.05, 0) is 38.5 Å². The fourth-order valence-corrected chi connectivity index (χ4v) is 2.32. The van der Waals surface area contributed by atoms with Crippen molar-refractivity contribution in [3.63, 3.8) is 0 Å². The summed E-state index contributed by atoms with van der Waals surface area (Å²) in [4.78, 5) is 0. The molecule has 13 heavy (non-hydrogen) atoms. The molecule has 2 rings (SSSR count). The monoisotopic (exact) mass is 185 g/mol. The highest BCUT2D eigenvalue weighted by molar-refractivity contribution is 5.00. The highest BCUT2D eigenvalue weighted by Gasteiger charge is 2.41. The molecule has 0 bridgehead atoms. The molecule has 2 saturated carbocycles. The molecule has 0 aromatic rings. The fourth-order valence-electron chi connectivity index (χ4n) is 2.32. The van der Waals surface area contributed by atoms with E-state index in [1.807, 2.05) is 0 Å². The van der Waals surface area contributed by atoms with E-state index in [2.05, 4.69) is 0 Å². The van der Waals surface area contributed by atoms with E-state index in [9.17, 15) is 4.39 Å². The predicted octanol–water partition coefficient (Wildman–Crippen LogP) is 2.93. The maximum Gasteiger partial charge on any atom is 0.111 e. The van der Waals surface area contributed by atoms with E-state index < -0.39 is 5.67 Å². The second-order valence-electron chi connectivity index (χ2n) is 5.07. The average Bonchev–Trinajstić information content (AvgIpc) is 2.84. The first-order valence-electron chi connectivity index (χ1n) is 5.60. The van der Waals surface area contributed by atoms with Gasteiger partial charge in [-0.1, -0.05) is 19.3 Å². The molecule has 0 saturated heterocycles. The van der Waals surface area contributed by atoms with Crippen LogP contribution in [0.5, 0.6) is 0 Å². The quantitative estimate of drug-likeness (QED) is 0.718. The summed E-state index contributed by atoms with van der Waals surface area (Å²) in [6.07, 6.45) is 8.78. The third-order valence-electron chi connectivity index (χ3n) is 3.71. The second kappa shape index (κ2) is 3.23. The van der Waals surface area contributed by atoms with E-state index in [1.165, 1.54) is 6.42 Å². The maximum atomic E-state index is 14.1. The lowest BCUT2D eigenvalue weighted by Crippen LogP contribution is -2.30. The van der Waals surface area contributed by atoms with Gasteiger partial charge in [-0.25, -0.2) is 4.39 Å². The van der Waals surface area contributed by atoms with Crippen LogP contribution in [0.1, 0.15) is 57.8 Å². The van der Waals surface area contributed by atoms with Gasteiger partial charge in [-0.15, -0.1) is 0 Å². The van der Waals surface area contributed by atoms with Crippen LogP contribution >= 0.6 is 0 Å². The number of hydrogen-bond acceptors (Lipinski definition) is 1. The number of nitrogens with two attached hydrogens (primary N) is 1. The number of hydrogen-bond donors (Lipinski definition) is 1. The maximum absolute atomic E-state index is 14.1. The molecule has 0 amide bonds. The lowest BCUT2D eigenvalue weighted by Gasteiger charge is -2.30. The van der Waals surface area contributed by atoms with Gasteiger partial charge < -0.3 is 5.73 Å². The van der Waals surface area contributed by atoms with E-state index in [0.29, 0.717) is 6.42 Å². The minimum atomic E-state index is -0.854. The summed E-state index contributed by atoms with van der Waals surface area (Å²) in [7, 11) is 0. The molecule has 0 aliphatic heterocycles. The Hall–Kier alpha value is -0.110. The van der Waals surface area contributed by atoms with Crippen molar-refractivity contribution in [1.29, 1.82) is 0 Å². The second-order valence-corrected chi connectivity index (χ2v) is 5.07. The highest BCUT2D eigenvalue weighted by atomic mass is 19.1. The fraction of sp³-hybridized carbons (Fsp3) is 1.00. The van der Waals surface area contributed by atoms with Crippen LogP contribution in [0, 0.1) is 0 Å². The normalized spacial score (nSPS) is 30.0. The van der Waals surface area contributed by atoms with Crippen molar-refractivity contribution >= 4 is 0 Å². The summed E-state index contributed by atoms with van der Waals surface area (Å²) in [6, 6.07) is 0. The minimum absolute atomic E-state index is 0.0382. The molecule has 76 valence electrons. The van der Waals surface area contributed by atoms with E-state index in [1.54, 1.807) is 0 Å². The topological polar surface area (TPSA) is 26.0 Å². The SMILES string of the molecule is NC1(CCC2(F)CCCCC2)CC1. The largest absolute Gasteiger partial charge is 0.325 e. The van der Waals surface area contributed by atoms with E-state index >= 15 is 0 Å². The molecule has 0 radical (unpaired) electrons. The molecule has 0 aromatic heterocycles. The molecule has 2 heteroatoms. The Balaban J connectivity index is 1.77. The van der Waals surface area contributed by atoms with E-state index in [0.717, 1.165) is 44.9 Å². The van der Waals surface area contributed by atoms with E-state index in [4.69, 9.17) is 5.73 Å². The first kappa shape index (κ1) is 9.45. The van der Waals surface area contributed by atoms with Crippen molar-refractivity contribution in [3.8, 4) is 0 Å². The van der Waals surface area contributed by atoms with Crippen molar-refractivity contribution in [2.24, 2.45) is 5.73 Å². The van der Waals surface area contributed by atoms with Crippen molar-refractivity contribution in [2.45, 2.75) is 69.0 Å². The van der Waals surface area contributed by atoms with Gasteiger partial charge in [-0.2, -0.15) is 0 Å². The molecule has 0 spiro atoms. The molecule has 0 atom stereocenters. The number of rotatable bonds is 3. The lowest BCUT2D eigenvalue weighted by atomic mass is 9.82. The van der Waals surface area contributed by atoms with Crippen LogP contribution in [-0.4, -0.2) is 11.2 Å². The van der Waals surface area contributed by atoms with Crippen LogP contribution in [0.2, 0.25) is 0 Å². The summed E-state index contributed by atoms with van der Waals surface area (Å²) in [5, 5.41) is 0. The van der Waals surface area contributed by atoms with Gasteiger partial charge in [-0.3, -0.25) is 0 Å². The summed E-state index contributed by atoms with van der Waals surface area (Å²) in [6.45, 7) is 0. The zero-order valence-electron chi connectivity index (χ0n) is 8.32. The van der Waals surface area contributed by atoms with Gasteiger partial charge in [0.2, 0.25) is 0 Å². The molecule has 2 aliphatic carbocycles. The summed E-state index contributed by atoms with van der Waals surface area (Å²) in [5.74, 6) is 0. The molecule has 2 aliphatic rings. The number of alkyl halides is 1. The van der Waals surface area contributed by atoms with Gasteiger partial charge in [0.15, 0.2) is 0 Å². The van der Waals surface area contributed by atoms with Crippen LogP contribution in [0.3, 0.4) is 0 Å². The summed E-state index contributed by atoms with van der Waals surface area (Å²) < 4.78 is 14.1. The first-order valence-corrected chi connectivity index (χ1v) is 5.60. The Bertz CT molecular complexity index is 181. The molecular formula is C11H20FN. The Labute approximate surface area is 79.9 Å². The summed E-state index contributed by atoms with van der Waals surface area (Å²) >= 11 is 0. The van der Waals surface area contributed by atoms with Crippen LogP contribution in [0.15, 0.2) is 0 Å². The van der Waals surface area contributed by atoms with Crippen LogP contribution < -0.4 is 5.73 Å². The third-order valence-corrected chi connectivity index (χ3v) is 3.71. The van der Waals surface area contributed by atoms with Crippen molar-refractivity contribution in [2.75, 3.05) is 0 Å². The van der Waals surface area contributed by atoms with Gasteiger partial charge in [0.1, 0.15) is 5.67 Å². The number of halogens is 1. The third kappa shape index (κ3) is 2.43. The standard InChI is InChI=1S/C11H20FN/c12-10(4-2-1-3-5-10)6-7-11(13)8-9-11/h1-9,13H2. The van der Waals surface area contributed by atoms with Crippen molar-refractivity contribution in [3.05, 3.63) is 0 Å². The molecule has 2 N–H and O–H groups in total. The molecular weight excluding hydrogens is 165 g/mol. The van der Waals surface area contributed by atoms with Gasteiger partial charge >= 0.3 is 0 Å². The lowest BCUT2D eigenvalue weighted by molar-refractivity contribution is 0.0903. The first-order chi connectivity index (χ1) is 6.12. The van der Waals surface area contributed by atoms with Gasteiger partial charge in [0, 0.05) is 5.54 Å². The van der Waals surface area contributed by atoms with Gasteiger partial charge in [0.25, 0.3) is 0 Å². The van der Waals surface area contributed by atoms with Crippen molar-refractivity contribution in [1.82, 2.24) is 0 Å². The highest BCUT2D eigenvalue weighted by Crippen LogP contribution is 2.42. The van der Waals surface area contributed by atoms with Crippen LogP contribution in [0.25, 0.3) is 0 Å². The van der Waals surface area contributed by atoms with E-state index in [-0.39, 0.29) is 5.54 Å². The molecule has 1 nitrogen and oxygen atoms in total. The predicted molar refractivity (Wildman–Crippen MR) is 52.3 cm³/mol. The molecule has 0 heterocycles. The smallest absolute Gasteiger partial charge is 0.111 e. The zero-order valence-corrected chi connectivity index (χ0v) is 8.32. The molecule has 0 unspecified atom stereocenters. The van der Waals surface area contributed by atoms with Crippen LogP contribution in [-0.2, 0) is 0 Å². The molecule has 0 aromatic carbocycles. The average molecular weight is 185 g/mol. The Morgan fingerprint density at radius 3 is 2.08 bits per heavy atom. The molecule has 2 fully saturated rings. The van der Waals surface area contributed by atoms with Crippen molar-refractivity contribution < 1.29 is 4.39 Å². The Morgan fingerprint density at radius 1 is 0.923 bits per heavy atom. The summed E-state index contributed by atoms with van der Waals surface area (Å²) in [5.41, 5.74) is 5.14. The van der Waals surface area contributed by atoms with Crippen LogP contribution in [0.4, 0.5) is 4.39 Å². The zero-order chi connectivity index (χ0) is 9.36. The Morgan fingerprint density at radius 2 is 1.54 bits per heavy atom.